The Balaban J connectivity index is 2.41. The molecule has 2 N–H and O–H groups in total. The quantitative estimate of drug-likeness (QED) is 0.729. The highest BCUT2D eigenvalue weighted by molar-refractivity contribution is 5.34. The van der Waals surface area contributed by atoms with Crippen molar-refractivity contribution in [1.29, 1.82) is 0 Å². The molecule has 0 spiro atoms. The van der Waals surface area contributed by atoms with E-state index < -0.39 is 5.82 Å². The number of aromatic hydroxyl groups is 1. The SMILES string of the molecule is CCN(CC)CCCC(C)NC(C)c1ccc(F)cc1O. The third-order valence-corrected chi connectivity index (χ3v) is 4.00. The number of hydrogen-bond donors (Lipinski definition) is 2. The Bertz CT molecular complexity index is 421. The number of halogens is 1. The Morgan fingerprint density at radius 2 is 1.90 bits per heavy atom. The van der Waals surface area contributed by atoms with E-state index in [0.717, 1.165) is 38.0 Å². The number of hydrogen-bond acceptors (Lipinski definition) is 3. The number of benzene rings is 1. The minimum absolute atomic E-state index is 0.00838. The lowest BCUT2D eigenvalue weighted by Crippen LogP contribution is -2.31. The normalized spacial score (nSPS) is 14.4. The Morgan fingerprint density at radius 3 is 2.48 bits per heavy atom. The molecule has 2 atom stereocenters. The number of rotatable bonds is 9. The summed E-state index contributed by atoms with van der Waals surface area (Å²) in [6, 6.07) is 4.57. The molecule has 3 nitrogen and oxygen atoms in total. The molecule has 4 heteroatoms. The third kappa shape index (κ3) is 6.02. The Hall–Kier alpha value is -1.13. The van der Waals surface area contributed by atoms with E-state index in [1.165, 1.54) is 12.1 Å². The van der Waals surface area contributed by atoms with E-state index in [-0.39, 0.29) is 11.8 Å². The van der Waals surface area contributed by atoms with Crippen LogP contribution in [-0.4, -0.2) is 35.7 Å². The zero-order valence-electron chi connectivity index (χ0n) is 13.7. The molecule has 1 rings (SSSR count). The predicted octanol–water partition coefficient (Wildman–Crippen LogP) is 3.69. The lowest BCUT2D eigenvalue weighted by atomic mass is 10.0. The van der Waals surface area contributed by atoms with Gasteiger partial charge in [0.1, 0.15) is 11.6 Å². The summed E-state index contributed by atoms with van der Waals surface area (Å²) in [6.45, 7) is 11.8. The van der Waals surface area contributed by atoms with E-state index in [2.05, 4.69) is 31.0 Å². The van der Waals surface area contributed by atoms with Crippen LogP contribution in [0.25, 0.3) is 0 Å². The summed E-state index contributed by atoms with van der Waals surface area (Å²) < 4.78 is 13.0. The molecule has 21 heavy (non-hydrogen) atoms. The molecule has 2 unspecified atom stereocenters. The summed E-state index contributed by atoms with van der Waals surface area (Å²) >= 11 is 0. The summed E-state index contributed by atoms with van der Waals surface area (Å²) in [4.78, 5) is 2.42. The van der Waals surface area contributed by atoms with Gasteiger partial charge in [-0.25, -0.2) is 4.39 Å². The van der Waals surface area contributed by atoms with Crippen LogP contribution in [0.1, 0.15) is 52.1 Å². The topological polar surface area (TPSA) is 35.5 Å². The van der Waals surface area contributed by atoms with Crippen LogP contribution < -0.4 is 5.32 Å². The predicted molar refractivity (Wildman–Crippen MR) is 86.1 cm³/mol. The van der Waals surface area contributed by atoms with Crippen LogP contribution >= 0.6 is 0 Å². The number of phenols is 1. The van der Waals surface area contributed by atoms with Gasteiger partial charge < -0.3 is 15.3 Å². The van der Waals surface area contributed by atoms with Crippen LogP contribution in [0.15, 0.2) is 18.2 Å². The lowest BCUT2D eigenvalue weighted by molar-refractivity contribution is 0.288. The van der Waals surface area contributed by atoms with Gasteiger partial charge in [-0.05, 0) is 52.4 Å². The maximum absolute atomic E-state index is 13.0. The van der Waals surface area contributed by atoms with Crippen molar-refractivity contribution in [1.82, 2.24) is 10.2 Å². The first-order valence-corrected chi connectivity index (χ1v) is 7.94. The van der Waals surface area contributed by atoms with E-state index in [0.29, 0.717) is 6.04 Å². The summed E-state index contributed by atoms with van der Waals surface area (Å²) in [5.74, 6) is -0.388. The van der Waals surface area contributed by atoms with Crippen molar-refractivity contribution in [3.63, 3.8) is 0 Å². The first-order chi connectivity index (χ1) is 9.97. The van der Waals surface area contributed by atoms with Gasteiger partial charge in [0.25, 0.3) is 0 Å². The van der Waals surface area contributed by atoms with Crippen LogP contribution in [0, 0.1) is 5.82 Å². The fourth-order valence-electron chi connectivity index (χ4n) is 2.64. The van der Waals surface area contributed by atoms with Crippen LogP contribution in [-0.2, 0) is 0 Å². The summed E-state index contributed by atoms with van der Waals surface area (Å²) in [7, 11) is 0. The molecule has 0 heterocycles. The number of nitrogens with one attached hydrogen (secondary N) is 1. The molecule has 1 aromatic rings. The summed E-state index contributed by atoms with van der Waals surface area (Å²) in [6.07, 6.45) is 2.24. The highest BCUT2D eigenvalue weighted by Crippen LogP contribution is 2.25. The molecule has 0 fully saturated rings. The summed E-state index contributed by atoms with van der Waals surface area (Å²) in [5.41, 5.74) is 0.743. The molecule has 0 aliphatic rings. The maximum atomic E-state index is 13.0. The van der Waals surface area contributed by atoms with Crippen molar-refractivity contribution in [2.75, 3.05) is 19.6 Å². The van der Waals surface area contributed by atoms with Crippen molar-refractivity contribution in [2.45, 2.75) is 52.6 Å². The smallest absolute Gasteiger partial charge is 0.126 e. The van der Waals surface area contributed by atoms with Crippen molar-refractivity contribution in [3.8, 4) is 5.75 Å². The van der Waals surface area contributed by atoms with Gasteiger partial charge in [0.15, 0.2) is 0 Å². The van der Waals surface area contributed by atoms with Gasteiger partial charge in [-0.2, -0.15) is 0 Å². The highest BCUT2D eigenvalue weighted by atomic mass is 19.1. The second-order valence-electron chi connectivity index (χ2n) is 5.66. The highest BCUT2D eigenvalue weighted by Gasteiger charge is 2.13. The van der Waals surface area contributed by atoms with Crippen LogP contribution in [0.4, 0.5) is 4.39 Å². The molecule has 0 radical (unpaired) electrons. The third-order valence-electron chi connectivity index (χ3n) is 4.00. The van der Waals surface area contributed by atoms with Gasteiger partial charge in [-0.3, -0.25) is 0 Å². The molecule has 0 aromatic heterocycles. The molecule has 1 aromatic carbocycles. The molecule has 120 valence electrons. The average molecular weight is 296 g/mol. The minimum atomic E-state index is -0.407. The fraction of sp³-hybridized carbons (Fsp3) is 0.647. The Morgan fingerprint density at radius 1 is 1.24 bits per heavy atom. The van der Waals surface area contributed by atoms with Gasteiger partial charge in [0.05, 0.1) is 0 Å². The van der Waals surface area contributed by atoms with Gasteiger partial charge in [-0.15, -0.1) is 0 Å². The standard InChI is InChI=1S/C17H29FN2O/c1-5-20(6-2)11-7-8-13(3)19-14(4)16-10-9-15(18)12-17(16)21/h9-10,12-14,19,21H,5-8,11H2,1-4H3. The largest absolute Gasteiger partial charge is 0.508 e. The Kier molecular flexibility index (Phi) is 7.68. The Labute approximate surface area is 128 Å². The second kappa shape index (κ2) is 9.00. The monoisotopic (exact) mass is 296 g/mol. The van der Waals surface area contributed by atoms with Crippen LogP contribution in [0.2, 0.25) is 0 Å². The van der Waals surface area contributed by atoms with E-state index in [4.69, 9.17) is 0 Å². The van der Waals surface area contributed by atoms with Crippen molar-refractivity contribution in [2.24, 2.45) is 0 Å². The second-order valence-corrected chi connectivity index (χ2v) is 5.66. The van der Waals surface area contributed by atoms with Gasteiger partial charge in [-0.1, -0.05) is 19.9 Å². The molecular formula is C17H29FN2O. The van der Waals surface area contributed by atoms with Crippen molar-refractivity contribution < 1.29 is 9.50 Å². The molecular weight excluding hydrogens is 267 g/mol. The van der Waals surface area contributed by atoms with E-state index in [9.17, 15) is 9.50 Å². The van der Waals surface area contributed by atoms with Crippen molar-refractivity contribution >= 4 is 0 Å². The lowest BCUT2D eigenvalue weighted by Gasteiger charge is -2.23. The average Bonchev–Trinajstić information content (AvgIpc) is 2.43. The van der Waals surface area contributed by atoms with Crippen LogP contribution in [0.3, 0.4) is 0 Å². The minimum Gasteiger partial charge on any atom is -0.508 e. The molecule has 0 aliphatic heterocycles. The maximum Gasteiger partial charge on any atom is 0.126 e. The molecule has 0 saturated heterocycles. The van der Waals surface area contributed by atoms with E-state index >= 15 is 0 Å². The first-order valence-electron chi connectivity index (χ1n) is 7.94. The van der Waals surface area contributed by atoms with Gasteiger partial charge >= 0.3 is 0 Å². The summed E-state index contributed by atoms with van der Waals surface area (Å²) in [5, 5.41) is 13.3. The molecule has 0 saturated carbocycles. The molecule has 0 bridgehead atoms. The molecule has 0 aliphatic carbocycles. The molecule has 0 amide bonds. The first kappa shape index (κ1) is 17.9. The number of phenolic OH excluding ortho intramolecular Hbond substituents is 1. The number of nitrogens with zero attached hydrogens (tertiary/aromatic N) is 1. The van der Waals surface area contributed by atoms with E-state index in [1.807, 2.05) is 6.92 Å². The van der Waals surface area contributed by atoms with Gasteiger partial charge in [0, 0.05) is 23.7 Å². The fourth-order valence-corrected chi connectivity index (χ4v) is 2.64. The zero-order chi connectivity index (χ0) is 15.8. The van der Waals surface area contributed by atoms with Crippen molar-refractivity contribution in [3.05, 3.63) is 29.6 Å². The van der Waals surface area contributed by atoms with Gasteiger partial charge in [0.2, 0.25) is 0 Å². The van der Waals surface area contributed by atoms with Crippen LogP contribution in [0.5, 0.6) is 5.75 Å². The van der Waals surface area contributed by atoms with E-state index in [1.54, 1.807) is 6.07 Å². The zero-order valence-corrected chi connectivity index (χ0v) is 13.7.